The number of hydrogen-bond acceptors (Lipinski definition) is 4. The number of para-hydroxylation sites is 1. The molecule has 1 aliphatic carbocycles. The molecule has 8 heteroatoms. The van der Waals surface area contributed by atoms with Gasteiger partial charge in [0.25, 0.3) is 5.91 Å². The number of benzene rings is 1. The van der Waals surface area contributed by atoms with Crippen LogP contribution in [0.25, 0.3) is 0 Å². The zero-order valence-corrected chi connectivity index (χ0v) is 16.1. The number of nitrogens with one attached hydrogen (secondary N) is 1. The van der Waals surface area contributed by atoms with Crippen molar-refractivity contribution < 1.29 is 13.2 Å². The molecule has 0 radical (unpaired) electrons. The Morgan fingerprint density at radius 1 is 1.21 bits per heavy atom. The second-order valence-electron chi connectivity index (χ2n) is 5.85. The Labute approximate surface area is 151 Å². The largest absolute Gasteiger partial charge is 0.271 e. The Kier molecular flexibility index (Phi) is 6.79. The SMILES string of the molecule is CS(=O)(=O)N(CC(=O)NN=C1CCCCCC1)c1ccccc1Br. The molecule has 0 unspecified atom stereocenters. The van der Waals surface area contributed by atoms with Crippen LogP contribution in [0.5, 0.6) is 0 Å². The minimum absolute atomic E-state index is 0.307. The molecular weight excluding hydrogens is 394 g/mol. The van der Waals surface area contributed by atoms with Gasteiger partial charge in [0.2, 0.25) is 10.0 Å². The minimum Gasteiger partial charge on any atom is -0.271 e. The highest BCUT2D eigenvalue weighted by Crippen LogP contribution is 2.27. The molecule has 0 aromatic heterocycles. The van der Waals surface area contributed by atoms with Crippen molar-refractivity contribution in [1.82, 2.24) is 5.43 Å². The number of amides is 1. The average Bonchev–Trinajstić information content (AvgIpc) is 2.79. The number of rotatable bonds is 5. The van der Waals surface area contributed by atoms with Crippen molar-refractivity contribution in [3.63, 3.8) is 0 Å². The van der Waals surface area contributed by atoms with E-state index >= 15 is 0 Å². The fourth-order valence-corrected chi connectivity index (χ4v) is 4.08. The second kappa shape index (κ2) is 8.62. The minimum atomic E-state index is -3.59. The normalized spacial score (nSPS) is 15.5. The van der Waals surface area contributed by atoms with Gasteiger partial charge in [0.05, 0.1) is 11.9 Å². The Morgan fingerprint density at radius 3 is 2.42 bits per heavy atom. The standard InChI is InChI=1S/C16H22BrN3O3S/c1-24(22,23)20(15-11-7-6-10-14(15)17)12-16(21)19-18-13-8-4-2-3-5-9-13/h6-7,10-11H,2-5,8-9,12H2,1H3,(H,19,21). The predicted molar refractivity (Wildman–Crippen MR) is 99.6 cm³/mol. The van der Waals surface area contributed by atoms with E-state index in [0.29, 0.717) is 10.2 Å². The van der Waals surface area contributed by atoms with Crippen LogP contribution in [-0.2, 0) is 14.8 Å². The number of hydrazone groups is 1. The van der Waals surface area contributed by atoms with E-state index in [1.54, 1.807) is 24.3 Å². The van der Waals surface area contributed by atoms with E-state index in [1.165, 1.54) is 12.8 Å². The van der Waals surface area contributed by atoms with Crippen LogP contribution in [-0.4, -0.2) is 32.8 Å². The van der Waals surface area contributed by atoms with Gasteiger partial charge in [-0.2, -0.15) is 5.10 Å². The van der Waals surface area contributed by atoms with Crippen molar-refractivity contribution in [2.24, 2.45) is 5.10 Å². The summed E-state index contributed by atoms with van der Waals surface area (Å²) in [5.74, 6) is -0.451. The molecule has 0 spiro atoms. The molecule has 1 saturated carbocycles. The van der Waals surface area contributed by atoms with Crippen LogP contribution >= 0.6 is 15.9 Å². The number of nitrogens with zero attached hydrogens (tertiary/aromatic N) is 2. The van der Waals surface area contributed by atoms with Crippen molar-refractivity contribution in [1.29, 1.82) is 0 Å². The molecule has 1 fully saturated rings. The fourth-order valence-electron chi connectivity index (χ4n) is 2.59. The predicted octanol–water partition coefficient (Wildman–Crippen LogP) is 3.04. The molecule has 1 aromatic rings. The van der Waals surface area contributed by atoms with Crippen LogP contribution < -0.4 is 9.73 Å². The number of carbonyl (C=O) groups is 1. The molecule has 1 N–H and O–H groups in total. The lowest BCUT2D eigenvalue weighted by Crippen LogP contribution is -2.39. The van der Waals surface area contributed by atoms with Gasteiger partial charge in [0.1, 0.15) is 6.54 Å². The average molecular weight is 416 g/mol. The van der Waals surface area contributed by atoms with Crippen LogP contribution in [0.15, 0.2) is 33.8 Å². The van der Waals surface area contributed by atoms with Gasteiger partial charge in [-0.1, -0.05) is 25.0 Å². The third-order valence-corrected chi connectivity index (χ3v) is 5.63. The molecule has 1 aliphatic rings. The molecule has 0 atom stereocenters. The van der Waals surface area contributed by atoms with Crippen LogP contribution in [0.2, 0.25) is 0 Å². The summed E-state index contributed by atoms with van der Waals surface area (Å²) in [5, 5.41) is 4.18. The number of hydrogen-bond donors (Lipinski definition) is 1. The molecule has 0 bridgehead atoms. The summed E-state index contributed by atoms with van der Waals surface area (Å²) >= 11 is 3.32. The van der Waals surface area contributed by atoms with Crippen molar-refractivity contribution in [3.05, 3.63) is 28.7 Å². The summed E-state index contributed by atoms with van der Waals surface area (Å²) in [6.45, 7) is -0.307. The first-order valence-electron chi connectivity index (χ1n) is 7.94. The second-order valence-corrected chi connectivity index (χ2v) is 8.61. The molecule has 0 heterocycles. The molecule has 24 heavy (non-hydrogen) atoms. The highest BCUT2D eigenvalue weighted by Gasteiger charge is 2.22. The molecule has 6 nitrogen and oxygen atoms in total. The smallest absolute Gasteiger partial charge is 0.260 e. The van der Waals surface area contributed by atoms with Crippen LogP contribution in [0.4, 0.5) is 5.69 Å². The van der Waals surface area contributed by atoms with Gasteiger partial charge in [-0.05, 0) is 53.7 Å². The summed E-state index contributed by atoms with van der Waals surface area (Å²) in [4.78, 5) is 12.2. The maximum atomic E-state index is 12.2. The Hall–Kier alpha value is -1.41. The number of halogens is 1. The summed E-state index contributed by atoms with van der Waals surface area (Å²) in [6, 6.07) is 6.89. The zero-order chi connectivity index (χ0) is 17.6. The summed E-state index contributed by atoms with van der Waals surface area (Å²) < 4.78 is 25.8. The molecule has 1 amide bonds. The first-order valence-corrected chi connectivity index (χ1v) is 10.6. The first-order chi connectivity index (χ1) is 11.4. The van der Waals surface area contributed by atoms with Crippen molar-refractivity contribution in [2.75, 3.05) is 17.1 Å². The fraction of sp³-hybridized carbons (Fsp3) is 0.500. The van der Waals surface area contributed by atoms with Crippen molar-refractivity contribution in [2.45, 2.75) is 38.5 Å². The number of carbonyl (C=O) groups excluding carboxylic acids is 1. The van der Waals surface area contributed by atoms with Gasteiger partial charge in [0.15, 0.2) is 0 Å². The number of anilines is 1. The molecular formula is C16H22BrN3O3S. The van der Waals surface area contributed by atoms with Crippen molar-refractivity contribution in [3.8, 4) is 0 Å². The highest BCUT2D eigenvalue weighted by atomic mass is 79.9. The topological polar surface area (TPSA) is 78.8 Å². The van der Waals surface area contributed by atoms with Crippen LogP contribution in [0.3, 0.4) is 0 Å². The maximum absolute atomic E-state index is 12.2. The van der Waals surface area contributed by atoms with Gasteiger partial charge in [-0.3, -0.25) is 9.10 Å². The van der Waals surface area contributed by atoms with E-state index in [9.17, 15) is 13.2 Å². The Bertz CT molecular complexity index is 709. The highest BCUT2D eigenvalue weighted by molar-refractivity contribution is 9.10. The monoisotopic (exact) mass is 415 g/mol. The quantitative estimate of drug-likeness (QED) is 0.592. The molecule has 1 aromatic carbocycles. The van der Waals surface area contributed by atoms with Gasteiger partial charge >= 0.3 is 0 Å². The van der Waals surface area contributed by atoms with E-state index in [1.807, 2.05) is 0 Å². The van der Waals surface area contributed by atoms with E-state index in [-0.39, 0.29) is 6.54 Å². The van der Waals surface area contributed by atoms with Gasteiger partial charge in [0, 0.05) is 10.2 Å². The third-order valence-electron chi connectivity index (χ3n) is 3.83. The van der Waals surface area contributed by atoms with Gasteiger partial charge < -0.3 is 0 Å². The lowest BCUT2D eigenvalue weighted by molar-refractivity contribution is -0.119. The third kappa shape index (κ3) is 5.59. The molecule has 0 saturated heterocycles. The van der Waals surface area contributed by atoms with Gasteiger partial charge in [-0.25, -0.2) is 13.8 Å². The van der Waals surface area contributed by atoms with Crippen LogP contribution in [0, 0.1) is 0 Å². The lowest BCUT2D eigenvalue weighted by Gasteiger charge is -2.22. The van der Waals surface area contributed by atoms with Crippen molar-refractivity contribution >= 4 is 43.3 Å². The maximum Gasteiger partial charge on any atom is 0.260 e. The molecule has 132 valence electrons. The molecule has 2 rings (SSSR count). The Balaban J connectivity index is 2.08. The lowest BCUT2D eigenvalue weighted by atomic mass is 10.2. The van der Waals surface area contributed by atoms with E-state index in [4.69, 9.17) is 0 Å². The van der Waals surface area contributed by atoms with Gasteiger partial charge in [-0.15, -0.1) is 0 Å². The molecule has 0 aliphatic heterocycles. The van der Waals surface area contributed by atoms with E-state index in [2.05, 4.69) is 26.5 Å². The van der Waals surface area contributed by atoms with Crippen LogP contribution in [0.1, 0.15) is 38.5 Å². The summed E-state index contributed by atoms with van der Waals surface area (Å²) in [5.41, 5.74) is 3.91. The first kappa shape index (κ1) is 18.9. The van der Waals surface area contributed by atoms with E-state index in [0.717, 1.165) is 42.0 Å². The van der Waals surface area contributed by atoms with E-state index < -0.39 is 15.9 Å². The number of sulfonamides is 1. The Morgan fingerprint density at radius 2 is 1.83 bits per heavy atom. The summed E-state index contributed by atoms with van der Waals surface area (Å²) in [6.07, 6.45) is 7.41. The zero-order valence-electron chi connectivity index (χ0n) is 13.7. The summed E-state index contributed by atoms with van der Waals surface area (Å²) in [7, 11) is -3.59.